The van der Waals surface area contributed by atoms with Crippen molar-refractivity contribution in [3.63, 3.8) is 0 Å². The monoisotopic (exact) mass is 248 g/mol. The molecular formula is C14H16O4. The minimum Gasteiger partial charge on any atom is -0.463 e. The molecule has 0 aliphatic rings. The molecule has 96 valence electrons. The molecule has 18 heavy (non-hydrogen) atoms. The van der Waals surface area contributed by atoms with Crippen molar-refractivity contribution in [2.24, 2.45) is 0 Å². The van der Waals surface area contributed by atoms with E-state index >= 15 is 0 Å². The van der Waals surface area contributed by atoms with E-state index in [0.717, 1.165) is 11.6 Å². The zero-order chi connectivity index (χ0) is 13.2. The summed E-state index contributed by atoms with van der Waals surface area (Å²) < 4.78 is 9.80. The molecule has 0 fully saturated rings. The van der Waals surface area contributed by atoms with Crippen molar-refractivity contribution in [2.75, 3.05) is 6.61 Å². The molecule has 0 spiro atoms. The summed E-state index contributed by atoms with van der Waals surface area (Å²) in [7, 11) is 0. The summed E-state index contributed by atoms with van der Waals surface area (Å²) in [5.41, 5.74) is 0.948. The third kappa shape index (κ3) is 5.84. The van der Waals surface area contributed by atoms with E-state index in [9.17, 15) is 9.59 Å². The zero-order valence-corrected chi connectivity index (χ0v) is 10.1. The highest BCUT2D eigenvalue weighted by molar-refractivity contribution is 5.81. The molecule has 0 N–H and O–H groups in total. The summed E-state index contributed by atoms with van der Waals surface area (Å²) in [6.45, 7) is 3.74. The summed E-state index contributed by atoms with van der Waals surface area (Å²) >= 11 is 0. The van der Waals surface area contributed by atoms with Crippen LogP contribution in [0.15, 0.2) is 43.0 Å². The van der Waals surface area contributed by atoms with E-state index in [1.54, 1.807) is 0 Å². The molecule has 0 amide bonds. The summed E-state index contributed by atoms with van der Waals surface area (Å²) in [6, 6.07) is 9.45. The molecule has 4 nitrogen and oxygen atoms in total. The van der Waals surface area contributed by atoms with Gasteiger partial charge in [0.15, 0.2) is 0 Å². The average molecular weight is 248 g/mol. The standard InChI is InChI=1S/C14H16O4/c1-2-13(15)17-10-6-9-14(16)18-11-12-7-4-3-5-8-12/h2-5,7-8H,1,6,9-11H2. The molecule has 0 unspecified atom stereocenters. The first-order valence-electron chi connectivity index (χ1n) is 5.71. The fourth-order valence-corrected chi connectivity index (χ4v) is 1.26. The molecule has 1 rings (SSSR count). The first kappa shape index (κ1) is 14.0. The molecule has 1 aromatic carbocycles. The predicted octanol–water partition coefficient (Wildman–Crippen LogP) is 2.24. The van der Waals surface area contributed by atoms with Crippen molar-refractivity contribution in [2.45, 2.75) is 19.4 Å². The first-order valence-corrected chi connectivity index (χ1v) is 5.71. The fraction of sp³-hybridized carbons (Fsp3) is 0.286. The molecule has 0 aliphatic heterocycles. The van der Waals surface area contributed by atoms with Gasteiger partial charge in [-0.05, 0) is 12.0 Å². The molecule has 0 saturated carbocycles. The van der Waals surface area contributed by atoms with E-state index in [2.05, 4.69) is 6.58 Å². The fourth-order valence-electron chi connectivity index (χ4n) is 1.26. The maximum atomic E-state index is 11.3. The minimum absolute atomic E-state index is 0.200. The van der Waals surface area contributed by atoms with Gasteiger partial charge in [-0.15, -0.1) is 0 Å². The average Bonchev–Trinajstić information content (AvgIpc) is 2.42. The van der Waals surface area contributed by atoms with Gasteiger partial charge in [0.2, 0.25) is 0 Å². The van der Waals surface area contributed by atoms with E-state index in [-0.39, 0.29) is 25.6 Å². The Kier molecular flexibility index (Phi) is 6.25. The summed E-state index contributed by atoms with van der Waals surface area (Å²) in [5.74, 6) is -0.777. The third-order valence-corrected chi connectivity index (χ3v) is 2.18. The van der Waals surface area contributed by atoms with Crippen molar-refractivity contribution in [1.29, 1.82) is 0 Å². The lowest BCUT2D eigenvalue weighted by molar-refractivity contribution is -0.146. The third-order valence-electron chi connectivity index (χ3n) is 2.18. The van der Waals surface area contributed by atoms with Crippen LogP contribution >= 0.6 is 0 Å². The van der Waals surface area contributed by atoms with Crippen molar-refractivity contribution in [3.05, 3.63) is 48.6 Å². The second-order valence-electron chi connectivity index (χ2n) is 3.62. The van der Waals surface area contributed by atoms with E-state index < -0.39 is 5.97 Å². The van der Waals surface area contributed by atoms with E-state index in [1.165, 1.54) is 0 Å². The summed E-state index contributed by atoms with van der Waals surface area (Å²) in [5, 5.41) is 0. The van der Waals surface area contributed by atoms with Gasteiger partial charge >= 0.3 is 11.9 Å². The van der Waals surface area contributed by atoms with Gasteiger partial charge in [0.05, 0.1) is 6.61 Å². The number of esters is 2. The van der Waals surface area contributed by atoms with Crippen molar-refractivity contribution >= 4 is 11.9 Å². The van der Waals surface area contributed by atoms with Crippen LogP contribution in [0.5, 0.6) is 0 Å². The Morgan fingerprint density at radius 3 is 2.56 bits per heavy atom. The Balaban J connectivity index is 2.11. The molecule has 4 heteroatoms. The molecule has 0 aromatic heterocycles. The number of rotatable bonds is 7. The molecule has 0 radical (unpaired) electrons. The lowest BCUT2D eigenvalue weighted by Crippen LogP contribution is -2.08. The Morgan fingerprint density at radius 2 is 1.89 bits per heavy atom. The maximum Gasteiger partial charge on any atom is 0.330 e. The van der Waals surface area contributed by atoms with Crippen molar-refractivity contribution in [1.82, 2.24) is 0 Å². The van der Waals surface area contributed by atoms with Crippen LogP contribution in [0, 0.1) is 0 Å². The van der Waals surface area contributed by atoms with Gasteiger partial charge in [0.25, 0.3) is 0 Å². The summed E-state index contributed by atoms with van der Waals surface area (Å²) in [4.78, 5) is 22.1. The zero-order valence-electron chi connectivity index (χ0n) is 10.1. The topological polar surface area (TPSA) is 52.6 Å². The van der Waals surface area contributed by atoms with Gasteiger partial charge in [-0.2, -0.15) is 0 Å². The molecule has 0 bridgehead atoms. The van der Waals surface area contributed by atoms with Gasteiger partial charge < -0.3 is 9.47 Å². The second-order valence-corrected chi connectivity index (χ2v) is 3.62. The Labute approximate surface area is 106 Å². The molecule has 0 atom stereocenters. The van der Waals surface area contributed by atoms with Gasteiger partial charge in [0, 0.05) is 12.5 Å². The van der Waals surface area contributed by atoms with Crippen LogP contribution in [0.25, 0.3) is 0 Å². The molecule has 0 aliphatic carbocycles. The molecular weight excluding hydrogens is 232 g/mol. The Morgan fingerprint density at radius 1 is 1.17 bits per heavy atom. The van der Waals surface area contributed by atoms with E-state index in [1.807, 2.05) is 30.3 Å². The molecule has 0 heterocycles. The van der Waals surface area contributed by atoms with Crippen LogP contribution in [-0.2, 0) is 25.7 Å². The van der Waals surface area contributed by atoms with E-state index in [4.69, 9.17) is 9.47 Å². The van der Waals surface area contributed by atoms with Gasteiger partial charge in [-0.25, -0.2) is 4.79 Å². The molecule has 1 aromatic rings. The largest absolute Gasteiger partial charge is 0.463 e. The van der Waals surface area contributed by atoms with Crippen molar-refractivity contribution in [3.8, 4) is 0 Å². The van der Waals surface area contributed by atoms with Gasteiger partial charge in [-0.3, -0.25) is 4.79 Å². The maximum absolute atomic E-state index is 11.3. The minimum atomic E-state index is -0.479. The predicted molar refractivity (Wildman–Crippen MR) is 66.6 cm³/mol. The molecule has 0 saturated heterocycles. The van der Waals surface area contributed by atoms with Crippen LogP contribution < -0.4 is 0 Å². The normalized spacial score (nSPS) is 9.56. The van der Waals surface area contributed by atoms with Crippen LogP contribution in [0.4, 0.5) is 0 Å². The number of hydrogen-bond donors (Lipinski definition) is 0. The van der Waals surface area contributed by atoms with Crippen LogP contribution in [0.2, 0.25) is 0 Å². The van der Waals surface area contributed by atoms with Crippen LogP contribution in [0.1, 0.15) is 18.4 Å². The van der Waals surface area contributed by atoms with Crippen LogP contribution in [-0.4, -0.2) is 18.5 Å². The van der Waals surface area contributed by atoms with Crippen molar-refractivity contribution < 1.29 is 19.1 Å². The lowest BCUT2D eigenvalue weighted by atomic mass is 10.2. The first-order chi connectivity index (χ1) is 8.72. The smallest absolute Gasteiger partial charge is 0.330 e. The SMILES string of the molecule is C=CC(=O)OCCCC(=O)OCc1ccccc1. The number of carbonyl (C=O) groups excluding carboxylic acids is 2. The second kappa shape index (κ2) is 8.06. The van der Waals surface area contributed by atoms with Gasteiger partial charge in [-0.1, -0.05) is 36.9 Å². The highest BCUT2D eigenvalue weighted by atomic mass is 16.5. The lowest BCUT2D eigenvalue weighted by Gasteiger charge is -2.05. The number of benzene rings is 1. The van der Waals surface area contributed by atoms with Gasteiger partial charge in [0.1, 0.15) is 6.61 Å². The van der Waals surface area contributed by atoms with E-state index in [0.29, 0.717) is 6.42 Å². The Bertz CT molecular complexity index is 398. The Hall–Kier alpha value is -2.10. The quantitative estimate of drug-likeness (QED) is 0.422. The van der Waals surface area contributed by atoms with Crippen LogP contribution in [0.3, 0.4) is 0 Å². The summed E-state index contributed by atoms with van der Waals surface area (Å²) in [6.07, 6.45) is 1.78. The number of ether oxygens (including phenoxy) is 2. The highest BCUT2D eigenvalue weighted by Crippen LogP contribution is 2.02. The number of carbonyl (C=O) groups is 2. The highest BCUT2D eigenvalue weighted by Gasteiger charge is 2.04. The number of hydrogen-bond acceptors (Lipinski definition) is 4.